The summed E-state index contributed by atoms with van der Waals surface area (Å²) in [6.07, 6.45) is -5.93. The van der Waals surface area contributed by atoms with E-state index in [9.17, 15) is 26.3 Å². The van der Waals surface area contributed by atoms with E-state index in [2.05, 4.69) is 9.97 Å². The number of likely N-dealkylation sites (tertiary alicyclic amines) is 1. The summed E-state index contributed by atoms with van der Waals surface area (Å²) in [4.78, 5) is 9.58. The number of nitrogens with two attached hydrogens (primary N) is 1. The number of nitrogen functional groups attached to an aromatic ring is 1. The fraction of sp³-hybridized carbons (Fsp3) is 0.579. The fourth-order valence-corrected chi connectivity index (χ4v) is 4.43. The van der Waals surface area contributed by atoms with Crippen LogP contribution in [0.4, 0.5) is 32.2 Å². The number of alkyl halides is 6. The molecule has 5 nitrogen and oxygen atoms in total. The largest absolute Gasteiger partial charge is 0.419 e. The lowest BCUT2D eigenvalue weighted by atomic mass is 10.1. The van der Waals surface area contributed by atoms with Crippen LogP contribution in [0.5, 0.6) is 0 Å². The topological polar surface area (TPSA) is 60.0 Å². The molecule has 0 bridgehead atoms. The molecule has 1 saturated carbocycles. The molecule has 1 aliphatic carbocycles. The lowest BCUT2D eigenvalue weighted by Crippen LogP contribution is -2.34. The number of hydrogen-bond acceptors (Lipinski definition) is 4. The molecular formula is C19H21F6N5. The zero-order valence-electron chi connectivity index (χ0n) is 16.3. The summed E-state index contributed by atoms with van der Waals surface area (Å²) in [5.41, 5.74) is 4.89. The van der Waals surface area contributed by atoms with Crippen molar-refractivity contribution in [3.63, 3.8) is 0 Å². The van der Waals surface area contributed by atoms with Gasteiger partial charge in [-0.25, -0.2) is 9.97 Å². The molecule has 0 spiro atoms. The minimum absolute atomic E-state index is 0.00446. The lowest BCUT2D eigenvalue weighted by Gasteiger charge is -2.22. The summed E-state index contributed by atoms with van der Waals surface area (Å²) >= 11 is 0. The zero-order valence-corrected chi connectivity index (χ0v) is 16.3. The Kier molecular flexibility index (Phi) is 4.79. The van der Waals surface area contributed by atoms with Gasteiger partial charge in [0.25, 0.3) is 0 Å². The molecule has 164 valence electrons. The van der Waals surface area contributed by atoms with Gasteiger partial charge in [0.1, 0.15) is 11.6 Å². The van der Waals surface area contributed by atoms with Crippen molar-refractivity contribution in [1.29, 1.82) is 0 Å². The molecule has 1 saturated heterocycles. The highest BCUT2D eigenvalue weighted by Crippen LogP contribution is 2.56. The molecular weight excluding hydrogens is 412 g/mol. The van der Waals surface area contributed by atoms with Gasteiger partial charge >= 0.3 is 12.4 Å². The molecule has 30 heavy (non-hydrogen) atoms. The summed E-state index contributed by atoms with van der Waals surface area (Å²) in [6.45, 7) is 3.61. The highest BCUT2D eigenvalue weighted by atomic mass is 19.4. The second-order valence-electron chi connectivity index (χ2n) is 8.33. The van der Waals surface area contributed by atoms with Crippen LogP contribution in [0.1, 0.15) is 37.2 Å². The Labute approximate surface area is 168 Å². The molecule has 0 amide bonds. The van der Waals surface area contributed by atoms with Gasteiger partial charge in [-0.05, 0) is 17.9 Å². The Morgan fingerprint density at radius 2 is 1.77 bits per heavy atom. The maximum atomic E-state index is 13.2. The second-order valence-corrected chi connectivity index (χ2v) is 8.33. The summed E-state index contributed by atoms with van der Waals surface area (Å²) in [7, 11) is 0. The number of halogens is 6. The molecule has 2 fully saturated rings. The number of fused-ring (bicyclic) bond motifs is 1. The summed E-state index contributed by atoms with van der Waals surface area (Å²) < 4.78 is 79.3. The van der Waals surface area contributed by atoms with Gasteiger partial charge in [0.2, 0.25) is 0 Å². The minimum Gasteiger partial charge on any atom is -0.383 e. The molecule has 1 aliphatic heterocycles. The van der Waals surface area contributed by atoms with E-state index in [0.717, 1.165) is 6.07 Å². The van der Waals surface area contributed by atoms with Crippen molar-refractivity contribution in [2.75, 3.05) is 25.4 Å². The van der Waals surface area contributed by atoms with E-state index in [1.165, 1.54) is 11.1 Å². The van der Waals surface area contributed by atoms with E-state index in [0.29, 0.717) is 24.6 Å². The SMILES string of the molecule is CC(C)c1nc(-c2cnc(N)c(C(F)(F)F)c2)cn1[C@H]1[C@@H]2CN(CC(F)(F)F)C[C@@H]21. The molecule has 3 heterocycles. The average molecular weight is 433 g/mol. The maximum Gasteiger partial charge on any atom is 0.419 e. The molecule has 11 heteroatoms. The van der Waals surface area contributed by atoms with Gasteiger partial charge in [0, 0.05) is 43.0 Å². The predicted octanol–water partition coefficient (Wildman–Crippen LogP) is 4.33. The predicted molar refractivity (Wildman–Crippen MR) is 97.5 cm³/mol. The van der Waals surface area contributed by atoms with Gasteiger partial charge in [0.15, 0.2) is 0 Å². The number of piperidine rings is 1. The number of pyridine rings is 1. The van der Waals surface area contributed by atoms with Crippen molar-refractivity contribution in [2.24, 2.45) is 11.8 Å². The highest BCUT2D eigenvalue weighted by Gasteiger charge is 2.58. The molecule has 2 aliphatic rings. The first-order chi connectivity index (χ1) is 13.8. The number of anilines is 1. The van der Waals surface area contributed by atoms with E-state index in [4.69, 9.17) is 5.73 Å². The molecule has 0 unspecified atom stereocenters. The van der Waals surface area contributed by atoms with Crippen LogP contribution in [0.15, 0.2) is 18.5 Å². The van der Waals surface area contributed by atoms with Crippen molar-refractivity contribution in [1.82, 2.24) is 19.4 Å². The van der Waals surface area contributed by atoms with E-state index in [1.54, 1.807) is 6.20 Å². The Morgan fingerprint density at radius 3 is 2.30 bits per heavy atom. The first-order valence-electron chi connectivity index (χ1n) is 9.56. The maximum absolute atomic E-state index is 13.2. The van der Waals surface area contributed by atoms with Gasteiger partial charge in [-0.15, -0.1) is 0 Å². The molecule has 2 aromatic heterocycles. The molecule has 2 aromatic rings. The number of rotatable bonds is 4. The highest BCUT2D eigenvalue weighted by molar-refractivity contribution is 5.62. The molecule has 2 N–H and O–H groups in total. The van der Waals surface area contributed by atoms with E-state index < -0.39 is 30.3 Å². The number of aromatic nitrogens is 3. The van der Waals surface area contributed by atoms with Crippen molar-refractivity contribution in [2.45, 2.75) is 38.2 Å². The van der Waals surface area contributed by atoms with Crippen LogP contribution in [0.25, 0.3) is 11.3 Å². The minimum atomic E-state index is -4.63. The quantitative estimate of drug-likeness (QED) is 0.729. The van der Waals surface area contributed by atoms with Gasteiger partial charge in [-0.2, -0.15) is 26.3 Å². The van der Waals surface area contributed by atoms with Gasteiger partial charge in [0.05, 0.1) is 17.8 Å². The van der Waals surface area contributed by atoms with Crippen LogP contribution >= 0.6 is 0 Å². The van der Waals surface area contributed by atoms with Crippen molar-refractivity contribution < 1.29 is 26.3 Å². The Hall–Kier alpha value is -2.30. The average Bonchev–Trinajstić information content (AvgIpc) is 2.95. The summed E-state index contributed by atoms with van der Waals surface area (Å²) in [6, 6.07) is 0.940. The Balaban J connectivity index is 1.60. The number of hydrogen-bond donors (Lipinski definition) is 1. The van der Waals surface area contributed by atoms with E-state index in [1.807, 2.05) is 18.4 Å². The van der Waals surface area contributed by atoms with Crippen molar-refractivity contribution in [3.8, 4) is 11.3 Å². The van der Waals surface area contributed by atoms with Crippen LogP contribution in [0.2, 0.25) is 0 Å². The third-order valence-electron chi connectivity index (χ3n) is 5.75. The van der Waals surface area contributed by atoms with Crippen LogP contribution in [0.3, 0.4) is 0 Å². The van der Waals surface area contributed by atoms with Crippen LogP contribution in [-0.4, -0.2) is 45.2 Å². The third kappa shape index (κ3) is 3.86. The zero-order chi connectivity index (χ0) is 22.0. The second kappa shape index (κ2) is 6.86. The Bertz CT molecular complexity index is 936. The van der Waals surface area contributed by atoms with Crippen molar-refractivity contribution in [3.05, 3.63) is 29.8 Å². The lowest BCUT2D eigenvalue weighted by molar-refractivity contribution is -0.144. The van der Waals surface area contributed by atoms with Gasteiger partial charge < -0.3 is 10.3 Å². The van der Waals surface area contributed by atoms with Gasteiger partial charge in [-0.1, -0.05) is 13.8 Å². The standard InChI is InChI=1S/C19H21F6N5/c1-9(2)17-28-14(10-3-13(19(23,24)25)16(26)27-4-10)7-30(17)15-11-5-29(6-12(11)15)8-18(20,21)22/h3-4,7,9,11-12,15H,5-6,8H2,1-2H3,(H2,26,27)/t11-,12+,15+. The fourth-order valence-electron chi connectivity index (χ4n) is 4.43. The first kappa shape index (κ1) is 21.0. The normalized spacial score (nSPS) is 24.5. The monoisotopic (exact) mass is 433 g/mol. The summed E-state index contributed by atoms with van der Waals surface area (Å²) in [5, 5.41) is 0. The molecule has 0 aromatic carbocycles. The first-order valence-corrected chi connectivity index (χ1v) is 9.56. The molecule has 3 atom stereocenters. The van der Waals surface area contributed by atoms with Gasteiger partial charge in [-0.3, -0.25) is 4.90 Å². The van der Waals surface area contributed by atoms with E-state index in [-0.39, 0.29) is 29.4 Å². The Morgan fingerprint density at radius 1 is 1.13 bits per heavy atom. The number of imidazole rings is 1. The number of nitrogens with zero attached hydrogens (tertiary/aromatic N) is 4. The summed E-state index contributed by atoms with van der Waals surface area (Å²) in [5.74, 6) is 0.257. The molecule has 4 rings (SSSR count). The van der Waals surface area contributed by atoms with Crippen LogP contribution < -0.4 is 5.73 Å². The van der Waals surface area contributed by atoms with Crippen molar-refractivity contribution >= 4 is 5.82 Å². The van der Waals surface area contributed by atoms with Crippen LogP contribution in [-0.2, 0) is 6.18 Å². The third-order valence-corrected chi connectivity index (χ3v) is 5.75. The van der Waals surface area contributed by atoms with E-state index >= 15 is 0 Å². The molecule has 0 radical (unpaired) electrons. The van der Waals surface area contributed by atoms with Crippen LogP contribution in [0, 0.1) is 11.8 Å². The smallest absolute Gasteiger partial charge is 0.383 e.